The average Bonchev–Trinajstić information content (AvgIpc) is 3.25. The maximum absolute atomic E-state index is 13.2. The van der Waals surface area contributed by atoms with Gasteiger partial charge in [-0.1, -0.05) is 18.2 Å². The van der Waals surface area contributed by atoms with Crippen LogP contribution in [0.3, 0.4) is 0 Å². The van der Waals surface area contributed by atoms with E-state index in [1.165, 1.54) is 30.6 Å². The first kappa shape index (κ1) is 17.9. The third-order valence-corrected chi connectivity index (χ3v) is 4.30. The highest BCUT2D eigenvalue weighted by molar-refractivity contribution is 5.97. The molecule has 4 rings (SSSR count). The summed E-state index contributed by atoms with van der Waals surface area (Å²) in [5.74, 6) is -0.926. The van der Waals surface area contributed by atoms with Crippen molar-refractivity contribution < 1.29 is 22.8 Å². The van der Waals surface area contributed by atoms with E-state index in [-0.39, 0.29) is 28.3 Å². The van der Waals surface area contributed by atoms with Gasteiger partial charge in [0.15, 0.2) is 5.69 Å². The Hall–Kier alpha value is -3.50. The largest absolute Gasteiger partial charge is 0.435 e. The number of halogens is 3. The lowest BCUT2D eigenvalue weighted by Crippen LogP contribution is -2.40. The number of alkyl halides is 3. The molecule has 0 aliphatic carbocycles. The van der Waals surface area contributed by atoms with Gasteiger partial charge in [0.25, 0.3) is 11.9 Å². The van der Waals surface area contributed by atoms with E-state index in [1.54, 1.807) is 6.07 Å². The Kier molecular flexibility index (Phi) is 4.21. The molecule has 28 heavy (non-hydrogen) atoms. The molecule has 1 aliphatic rings. The minimum Gasteiger partial charge on any atom is -0.354 e. The topological polar surface area (TPSA) is 102 Å². The summed E-state index contributed by atoms with van der Waals surface area (Å²) in [5, 5.41) is 8.69. The molecule has 11 heteroatoms. The number of para-hydroxylation sites is 1. The minimum atomic E-state index is -4.63. The number of fused-ring (bicyclic) bond motifs is 1. The first-order valence-electron chi connectivity index (χ1n) is 8.30. The summed E-state index contributed by atoms with van der Waals surface area (Å²) in [6, 6.07) is 5.22. The van der Waals surface area contributed by atoms with Crippen molar-refractivity contribution in [3.05, 3.63) is 47.9 Å². The highest BCUT2D eigenvalue weighted by Crippen LogP contribution is 2.34. The maximum Gasteiger partial charge on any atom is 0.435 e. The number of rotatable bonds is 3. The van der Waals surface area contributed by atoms with Gasteiger partial charge in [-0.25, -0.2) is 9.97 Å². The molecule has 0 spiro atoms. The van der Waals surface area contributed by atoms with E-state index >= 15 is 0 Å². The fourth-order valence-corrected chi connectivity index (χ4v) is 2.95. The smallest absolute Gasteiger partial charge is 0.354 e. The molecule has 0 bridgehead atoms. The number of aromatic nitrogens is 4. The summed E-state index contributed by atoms with van der Waals surface area (Å²) in [7, 11) is 0. The number of hydrogen-bond donors (Lipinski definition) is 2. The van der Waals surface area contributed by atoms with Crippen LogP contribution in [0.4, 0.5) is 13.2 Å². The first-order valence-corrected chi connectivity index (χ1v) is 8.30. The molecule has 1 aromatic carbocycles. The standard InChI is InChI=1S/C17H13F3N6O2/c18-17(19,20)13-10-3-1-2-4-12(10)26(25-13)16-22-7-9(8-23-16)14(27)24-11-5-6-21-15(11)28/h1-4,7-8,11H,5-6H2,(H,21,28)(H,24,27)/t11-/m0/s1. The minimum absolute atomic E-state index is 0.0762. The molecule has 2 amide bonds. The van der Waals surface area contributed by atoms with Crippen LogP contribution in [0.25, 0.3) is 16.9 Å². The molecule has 3 aromatic rings. The van der Waals surface area contributed by atoms with Crippen LogP contribution in [0.5, 0.6) is 0 Å². The second-order valence-corrected chi connectivity index (χ2v) is 6.15. The third-order valence-electron chi connectivity index (χ3n) is 4.30. The normalized spacial score (nSPS) is 17.0. The van der Waals surface area contributed by atoms with Crippen molar-refractivity contribution in [1.29, 1.82) is 0 Å². The average molecular weight is 390 g/mol. The van der Waals surface area contributed by atoms with E-state index in [1.807, 2.05) is 0 Å². The number of benzene rings is 1. The van der Waals surface area contributed by atoms with Crippen LogP contribution >= 0.6 is 0 Å². The van der Waals surface area contributed by atoms with E-state index in [9.17, 15) is 22.8 Å². The van der Waals surface area contributed by atoms with Gasteiger partial charge in [0.05, 0.1) is 11.1 Å². The van der Waals surface area contributed by atoms with Crippen LogP contribution in [0.1, 0.15) is 22.5 Å². The van der Waals surface area contributed by atoms with Crippen molar-refractivity contribution in [3.63, 3.8) is 0 Å². The van der Waals surface area contributed by atoms with E-state index in [0.29, 0.717) is 13.0 Å². The summed E-state index contributed by atoms with van der Waals surface area (Å²) in [6.07, 6.45) is -1.81. The molecule has 0 saturated carbocycles. The Bertz CT molecular complexity index is 1060. The molecule has 0 unspecified atom stereocenters. The number of amides is 2. The van der Waals surface area contributed by atoms with Crippen molar-refractivity contribution >= 4 is 22.7 Å². The van der Waals surface area contributed by atoms with Crippen molar-refractivity contribution in [2.24, 2.45) is 0 Å². The second-order valence-electron chi connectivity index (χ2n) is 6.15. The Morgan fingerprint density at radius 1 is 1.21 bits per heavy atom. The molecule has 2 N–H and O–H groups in total. The van der Waals surface area contributed by atoms with Crippen molar-refractivity contribution in [3.8, 4) is 5.95 Å². The van der Waals surface area contributed by atoms with Crippen molar-refractivity contribution in [2.75, 3.05) is 6.54 Å². The van der Waals surface area contributed by atoms with Gasteiger partial charge in [-0.2, -0.15) is 23.0 Å². The molecule has 1 saturated heterocycles. The van der Waals surface area contributed by atoms with E-state index in [0.717, 1.165) is 4.68 Å². The van der Waals surface area contributed by atoms with Gasteiger partial charge in [-0.05, 0) is 12.5 Å². The van der Waals surface area contributed by atoms with Gasteiger partial charge in [0, 0.05) is 24.3 Å². The fraction of sp³-hybridized carbons (Fsp3) is 0.235. The van der Waals surface area contributed by atoms with Crippen molar-refractivity contribution in [2.45, 2.75) is 18.6 Å². The predicted molar refractivity (Wildman–Crippen MR) is 90.5 cm³/mol. The van der Waals surface area contributed by atoms with Crippen LogP contribution in [0, 0.1) is 0 Å². The molecule has 1 fully saturated rings. The molecular weight excluding hydrogens is 377 g/mol. The number of carbonyl (C=O) groups is 2. The van der Waals surface area contributed by atoms with Crippen LogP contribution in [-0.4, -0.2) is 44.1 Å². The summed E-state index contributed by atoms with van der Waals surface area (Å²) in [4.78, 5) is 31.7. The van der Waals surface area contributed by atoms with Gasteiger partial charge < -0.3 is 10.6 Å². The SMILES string of the molecule is O=C(N[C@H]1CCNC1=O)c1cnc(-n2nc(C(F)(F)F)c3ccccc32)nc1. The number of nitrogens with zero attached hydrogens (tertiary/aromatic N) is 4. The quantitative estimate of drug-likeness (QED) is 0.705. The molecule has 144 valence electrons. The Balaban J connectivity index is 1.64. The van der Waals surface area contributed by atoms with Crippen molar-refractivity contribution in [1.82, 2.24) is 30.4 Å². The highest BCUT2D eigenvalue weighted by Gasteiger charge is 2.37. The Labute approximate surface area is 155 Å². The molecule has 1 atom stereocenters. The van der Waals surface area contributed by atoms with E-state index in [2.05, 4.69) is 25.7 Å². The lowest BCUT2D eigenvalue weighted by molar-refractivity contribution is -0.140. The van der Waals surface area contributed by atoms with E-state index in [4.69, 9.17) is 0 Å². The Morgan fingerprint density at radius 2 is 1.93 bits per heavy atom. The summed E-state index contributed by atoms with van der Waals surface area (Å²) >= 11 is 0. The molecule has 0 radical (unpaired) electrons. The maximum atomic E-state index is 13.2. The zero-order valence-corrected chi connectivity index (χ0v) is 14.2. The number of hydrogen-bond acceptors (Lipinski definition) is 5. The zero-order valence-electron chi connectivity index (χ0n) is 14.2. The monoisotopic (exact) mass is 390 g/mol. The van der Waals surface area contributed by atoms with Gasteiger partial charge in [0.1, 0.15) is 6.04 Å². The summed E-state index contributed by atoms with van der Waals surface area (Å²) in [5.41, 5.74) is -0.772. The van der Waals surface area contributed by atoms with Gasteiger partial charge in [-0.3, -0.25) is 9.59 Å². The first-order chi connectivity index (χ1) is 13.3. The molecular formula is C17H13F3N6O2. The van der Waals surface area contributed by atoms with Crippen LogP contribution in [0.15, 0.2) is 36.7 Å². The molecule has 1 aliphatic heterocycles. The Morgan fingerprint density at radius 3 is 2.57 bits per heavy atom. The fourth-order valence-electron chi connectivity index (χ4n) is 2.95. The van der Waals surface area contributed by atoms with Gasteiger partial charge >= 0.3 is 6.18 Å². The molecule has 2 aromatic heterocycles. The lowest BCUT2D eigenvalue weighted by Gasteiger charge is -2.09. The number of nitrogens with one attached hydrogen (secondary N) is 2. The predicted octanol–water partition coefficient (Wildman–Crippen LogP) is 1.45. The highest BCUT2D eigenvalue weighted by atomic mass is 19.4. The van der Waals surface area contributed by atoms with Gasteiger partial charge in [-0.15, -0.1) is 0 Å². The summed E-state index contributed by atoms with van der Waals surface area (Å²) < 4.78 is 40.7. The molecule has 8 nitrogen and oxygen atoms in total. The van der Waals surface area contributed by atoms with Crippen LogP contribution < -0.4 is 10.6 Å². The van der Waals surface area contributed by atoms with E-state index < -0.39 is 23.8 Å². The lowest BCUT2D eigenvalue weighted by atomic mass is 10.2. The summed E-state index contributed by atoms with van der Waals surface area (Å²) in [6.45, 7) is 0.479. The van der Waals surface area contributed by atoms with Crippen LogP contribution in [-0.2, 0) is 11.0 Å². The van der Waals surface area contributed by atoms with Gasteiger partial charge in [0.2, 0.25) is 5.91 Å². The number of carbonyl (C=O) groups excluding carboxylic acids is 2. The zero-order chi connectivity index (χ0) is 19.9. The second kappa shape index (κ2) is 6.59. The van der Waals surface area contributed by atoms with Crippen LogP contribution in [0.2, 0.25) is 0 Å². The third kappa shape index (κ3) is 3.15. The molecule has 3 heterocycles.